The molecule has 0 aliphatic carbocycles. The van der Waals surface area contributed by atoms with E-state index in [1.54, 1.807) is 13.0 Å². The first kappa shape index (κ1) is 14.6. The average molecular weight is 306 g/mol. The molecule has 5 heteroatoms. The molecule has 3 N–H and O–H groups in total. The molecule has 0 aliphatic heterocycles. The predicted octanol–water partition coefficient (Wildman–Crippen LogP) is 1.98. The summed E-state index contributed by atoms with van der Waals surface area (Å²) >= 11 is 3.29. The SMILES string of the molecule is CC(NCC(C)(O)CO)c1ccc(F)cc1Br. The lowest BCUT2D eigenvalue weighted by Gasteiger charge is -2.24. The van der Waals surface area contributed by atoms with Gasteiger partial charge >= 0.3 is 0 Å². The number of aliphatic hydroxyl groups is 2. The number of nitrogens with one attached hydrogen (secondary N) is 1. The fourth-order valence-corrected chi connectivity index (χ4v) is 2.09. The van der Waals surface area contributed by atoms with Gasteiger partial charge in [0.15, 0.2) is 0 Å². The number of benzene rings is 1. The first-order chi connectivity index (χ1) is 7.85. The van der Waals surface area contributed by atoms with Crippen LogP contribution in [0.3, 0.4) is 0 Å². The molecule has 2 atom stereocenters. The van der Waals surface area contributed by atoms with Crippen molar-refractivity contribution in [3.05, 3.63) is 34.1 Å². The van der Waals surface area contributed by atoms with Crippen molar-refractivity contribution in [2.45, 2.75) is 25.5 Å². The summed E-state index contributed by atoms with van der Waals surface area (Å²) in [7, 11) is 0. The first-order valence-corrected chi connectivity index (χ1v) is 6.16. The van der Waals surface area contributed by atoms with Crippen molar-refractivity contribution in [3.8, 4) is 0 Å². The summed E-state index contributed by atoms with van der Waals surface area (Å²) < 4.78 is 13.6. The zero-order valence-electron chi connectivity index (χ0n) is 9.87. The Morgan fingerprint density at radius 2 is 2.18 bits per heavy atom. The Morgan fingerprint density at radius 1 is 1.53 bits per heavy atom. The fraction of sp³-hybridized carbons (Fsp3) is 0.500. The Morgan fingerprint density at radius 3 is 2.71 bits per heavy atom. The minimum absolute atomic E-state index is 0.0528. The fourth-order valence-electron chi connectivity index (χ4n) is 1.39. The Hall–Kier alpha value is -0.490. The second-order valence-corrected chi connectivity index (χ2v) is 5.28. The summed E-state index contributed by atoms with van der Waals surface area (Å²) in [6.07, 6.45) is 0. The number of hydrogen-bond donors (Lipinski definition) is 3. The lowest BCUT2D eigenvalue weighted by molar-refractivity contribution is 0.00104. The zero-order valence-corrected chi connectivity index (χ0v) is 11.5. The van der Waals surface area contributed by atoms with E-state index < -0.39 is 5.60 Å². The minimum atomic E-state index is -1.15. The number of halogens is 2. The second kappa shape index (κ2) is 5.91. The third-order valence-electron chi connectivity index (χ3n) is 2.56. The summed E-state index contributed by atoms with van der Waals surface area (Å²) in [5.41, 5.74) is -0.249. The van der Waals surface area contributed by atoms with Gasteiger partial charge < -0.3 is 15.5 Å². The highest BCUT2D eigenvalue weighted by molar-refractivity contribution is 9.10. The van der Waals surface area contributed by atoms with Crippen LogP contribution in [0.1, 0.15) is 25.5 Å². The molecule has 0 heterocycles. The van der Waals surface area contributed by atoms with Crippen molar-refractivity contribution in [2.75, 3.05) is 13.2 Å². The van der Waals surface area contributed by atoms with Gasteiger partial charge in [0, 0.05) is 17.1 Å². The molecular formula is C12H17BrFNO2. The molecular weight excluding hydrogens is 289 g/mol. The maximum atomic E-state index is 12.9. The molecule has 1 aromatic carbocycles. The van der Waals surface area contributed by atoms with E-state index in [0.29, 0.717) is 4.47 Å². The topological polar surface area (TPSA) is 52.5 Å². The van der Waals surface area contributed by atoms with Gasteiger partial charge in [-0.05, 0) is 31.5 Å². The van der Waals surface area contributed by atoms with Crippen molar-refractivity contribution in [2.24, 2.45) is 0 Å². The van der Waals surface area contributed by atoms with Crippen molar-refractivity contribution in [1.82, 2.24) is 5.32 Å². The zero-order chi connectivity index (χ0) is 13.1. The van der Waals surface area contributed by atoms with Crippen LogP contribution in [0.2, 0.25) is 0 Å². The molecule has 17 heavy (non-hydrogen) atoms. The lowest BCUT2D eigenvalue weighted by Crippen LogP contribution is -2.41. The van der Waals surface area contributed by atoms with E-state index in [9.17, 15) is 9.50 Å². The number of rotatable bonds is 5. The highest BCUT2D eigenvalue weighted by Crippen LogP contribution is 2.24. The molecule has 2 unspecified atom stereocenters. The third kappa shape index (κ3) is 4.35. The molecule has 0 radical (unpaired) electrons. The Kier molecular flexibility index (Phi) is 5.06. The molecule has 0 amide bonds. The second-order valence-electron chi connectivity index (χ2n) is 4.42. The first-order valence-electron chi connectivity index (χ1n) is 5.37. The van der Waals surface area contributed by atoms with Crippen LogP contribution in [0, 0.1) is 5.82 Å². The molecule has 1 rings (SSSR count). The van der Waals surface area contributed by atoms with E-state index in [-0.39, 0.29) is 25.0 Å². The van der Waals surface area contributed by atoms with Gasteiger partial charge in [0.25, 0.3) is 0 Å². The predicted molar refractivity (Wildman–Crippen MR) is 68.2 cm³/mol. The van der Waals surface area contributed by atoms with Crippen LogP contribution in [0.15, 0.2) is 22.7 Å². The highest BCUT2D eigenvalue weighted by atomic mass is 79.9. The molecule has 0 fully saturated rings. The summed E-state index contributed by atoms with van der Waals surface area (Å²) in [6, 6.07) is 4.42. The molecule has 96 valence electrons. The van der Waals surface area contributed by atoms with E-state index >= 15 is 0 Å². The monoisotopic (exact) mass is 305 g/mol. The maximum absolute atomic E-state index is 12.9. The van der Waals surface area contributed by atoms with Crippen LogP contribution in [0.5, 0.6) is 0 Å². The Bertz CT molecular complexity index is 385. The van der Waals surface area contributed by atoms with E-state index in [2.05, 4.69) is 21.2 Å². The van der Waals surface area contributed by atoms with E-state index in [1.165, 1.54) is 12.1 Å². The van der Waals surface area contributed by atoms with E-state index in [1.807, 2.05) is 6.92 Å². The molecule has 0 saturated heterocycles. The van der Waals surface area contributed by atoms with E-state index in [4.69, 9.17) is 5.11 Å². The third-order valence-corrected chi connectivity index (χ3v) is 3.25. The molecule has 1 aromatic rings. The summed E-state index contributed by atoms with van der Waals surface area (Å²) in [5.74, 6) is -0.296. The van der Waals surface area contributed by atoms with Gasteiger partial charge in [-0.2, -0.15) is 0 Å². The van der Waals surface area contributed by atoms with Crippen LogP contribution in [0.25, 0.3) is 0 Å². The number of hydrogen-bond acceptors (Lipinski definition) is 3. The minimum Gasteiger partial charge on any atom is -0.393 e. The van der Waals surface area contributed by atoms with Crippen molar-refractivity contribution >= 4 is 15.9 Å². The lowest BCUT2D eigenvalue weighted by atomic mass is 10.1. The van der Waals surface area contributed by atoms with Crippen LogP contribution in [0.4, 0.5) is 4.39 Å². The number of aliphatic hydroxyl groups excluding tert-OH is 1. The van der Waals surface area contributed by atoms with Crippen LogP contribution in [-0.2, 0) is 0 Å². The van der Waals surface area contributed by atoms with Gasteiger partial charge in [-0.15, -0.1) is 0 Å². The van der Waals surface area contributed by atoms with Gasteiger partial charge in [-0.3, -0.25) is 0 Å². The molecule has 0 bridgehead atoms. The summed E-state index contributed by atoms with van der Waals surface area (Å²) in [4.78, 5) is 0. The summed E-state index contributed by atoms with van der Waals surface area (Å²) in [6.45, 7) is 3.41. The smallest absolute Gasteiger partial charge is 0.124 e. The quantitative estimate of drug-likeness (QED) is 0.780. The van der Waals surface area contributed by atoms with Gasteiger partial charge in [-0.1, -0.05) is 22.0 Å². The molecule has 0 spiro atoms. The van der Waals surface area contributed by atoms with Crippen molar-refractivity contribution in [1.29, 1.82) is 0 Å². The van der Waals surface area contributed by atoms with E-state index in [0.717, 1.165) is 5.56 Å². The molecule has 0 aromatic heterocycles. The molecule has 0 saturated carbocycles. The molecule has 0 aliphatic rings. The largest absolute Gasteiger partial charge is 0.393 e. The Labute approximate surface area is 109 Å². The van der Waals surface area contributed by atoms with Gasteiger partial charge in [0.2, 0.25) is 0 Å². The standard InChI is InChI=1S/C12H17BrFNO2/c1-8(15-6-12(2,17)7-16)10-4-3-9(14)5-11(10)13/h3-5,8,15-17H,6-7H2,1-2H3. The summed E-state index contributed by atoms with van der Waals surface area (Å²) in [5, 5.41) is 21.7. The van der Waals surface area contributed by atoms with Crippen molar-refractivity contribution < 1.29 is 14.6 Å². The molecule has 3 nitrogen and oxygen atoms in total. The Balaban J connectivity index is 2.67. The van der Waals surface area contributed by atoms with Gasteiger partial charge in [0.05, 0.1) is 12.2 Å². The van der Waals surface area contributed by atoms with Gasteiger partial charge in [0.1, 0.15) is 5.82 Å². The normalized spacial score (nSPS) is 16.6. The van der Waals surface area contributed by atoms with Crippen molar-refractivity contribution in [3.63, 3.8) is 0 Å². The van der Waals surface area contributed by atoms with Crippen LogP contribution < -0.4 is 5.32 Å². The van der Waals surface area contributed by atoms with Crippen LogP contribution in [-0.4, -0.2) is 29.0 Å². The van der Waals surface area contributed by atoms with Gasteiger partial charge in [-0.25, -0.2) is 4.39 Å². The maximum Gasteiger partial charge on any atom is 0.124 e. The van der Waals surface area contributed by atoms with Crippen LogP contribution >= 0.6 is 15.9 Å². The average Bonchev–Trinajstić information content (AvgIpc) is 2.26. The highest BCUT2D eigenvalue weighted by Gasteiger charge is 2.20.